The largest absolute Gasteiger partial charge is 0.389 e. The first kappa shape index (κ1) is 17.6. The summed E-state index contributed by atoms with van der Waals surface area (Å²) < 4.78 is 0. The van der Waals surface area contributed by atoms with E-state index in [1.165, 1.54) is 0 Å². The average Bonchev–Trinajstić information content (AvgIpc) is 2.50. The molecule has 4 heteroatoms. The molecule has 1 unspecified atom stereocenters. The third kappa shape index (κ3) is 1.93. The minimum atomic E-state index is -1.70. The van der Waals surface area contributed by atoms with E-state index < -0.39 is 27.9 Å². The zero-order chi connectivity index (χ0) is 18.1. The van der Waals surface area contributed by atoms with Crippen LogP contribution in [0.1, 0.15) is 53.4 Å². The summed E-state index contributed by atoms with van der Waals surface area (Å²) in [6.45, 7) is 11.4. The quantitative estimate of drug-likeness (QED) is 0.724. The van der Waals surface area contributed by atoms with Gasteiger partial charge in [-0.3, -0.25) is 9.59 Å². The van der Waals surface area contributed by atoms with E-state index >= 15 is 0 Å². The van der Waals surface area contributed by atoms with Gasteiger partial charge in [0.15, 0.2) is 11.4 Å². The van der Waals surface area contributed by atoms with Crippen molar-refractivity contribution >= 4 is 11.6 Å². The summed E-state index contributed by atoms with van der Waals surface area (Å²) in [4.78, 5) is 25.5. The van der Waals surface area contributed by atoms with Gasteiger partial charge in [-0.05, 0) is 24.3 Å². The molecular weight excluding hydrogens is 304 g/mol. The van der Waals surface area contributed by atoms with E-state index in [4.69, 9.17) is 0 Å². The van der Waals surface area contributed by atoms with Crippen molar-refractivity contribution in [3.63, 3.8) is 0 Å². The summed E-state index contributed by atoms with van der Waals surface area (Å²) >= 11 is 0. The first-order chi connectivity index (χ1) is 10.9. The predicted molar refractivity (Wildman–Crippen MR) is 91.2 cm³/mol. The Labute approximate surface area is 143 Å². The fourth-order valence-corrected chi connectivity index (χ4v) is 5.46. The van der Waals surface area contributed by atoms with Crippen LogP contribution in [0.5, 0.6) is 0 Å². The van der Waals surface area contributed by atoms with Gasteiger partial charge in [-0.25, -0.2) is 0 Å². The Kier molecular flexibility index (Phi) is 3.58. The first-order valence-electron chi connectivity index (χ1n) is 8.76. The van der Waals surface area contributed by atoms with E-state index in [9.17, 15) is 19.8 Å². The Morgan fingerprint density at radius 2 is 1.83 bits per heavy atom. The molecule has 2 N–H and O–H groups in total. The number of allylic oxidation sites excluding steroid dienone is 2. The van der Waals surface area contributed by atoms with E-state index in [0.717, 1.165) is 0 Å². The first-order valence-corrected chi connectivity index (χ1v) is 8.76. The van der Waals surface area contributed by atoms with Crippen LogP contribution in [-0.4, -0.2) is 33.5 Å². The van der Waals surface area contributed by atoms with Crippen molar-refractivity contribution in [2.75, 3.05) is 0 Å². The van der Waals surface area contributed by atoms with Gasteiger partial charge in [0.2, 0.25) is 0 Å². The highest BCUT2D eigenvalue weighted by atomic mass is 16.3. The van der Waals surface area contributed by atoms with E-state index in [1.807, 2.05) is 33.8 Å². The number of hydrogen-bond acceptors (Lipinski definition) is 4. The van der Waals surface area contributed by atoms with Crippen LogP contribution in [0.15, 0.2) is 24.3 Å². The molecule has 2 saturated carbocycles. The molecule has 0 aromatic heterocycles. The number of rotatable bonds is 1. The molecule has 132 valence electrons. The maximum absolute atomic E-state index is 13.1. The Bertz CT molecular complexity index is 661. The molecule has 0 spiro atoms. The van der Waals surface area contributed by atoms with Crippen molar-refractivity contribution in [3.8, 4) is 0 Å². The van der Waals surface area contributed by atoms with E-state index in [0.29, 0.717) is 24.8 Å². The number of aliphatic hydroxyl groups is 2. The minimum Gasteiger partial charge on any atom is -0.389 e. The summed E-state index contributed by atoms with van der Waals surface area (Å²) in [5.74, 6) is -0.355. The van der Waals surface area contributed by atoms with Gasteiger partial charge in [0.05, 0.1) is 6.10 Å². The van der Waals surface area contributed by atoms with Gasteiger partial charge in [0.1, 0.15) is 5.78 Å². The molecule has 4 nitrogen and oxygen atoms in total. The highest BCUT2D eigenvalue weighted by molar-refractivity contribution is 5.95. The molecule has 0 amide bonds. The second-order valence-electron chi connectivity index (χ2n) is 8.99. The summed E-state index contributed by atoms with van der Waals surface area (Å²) in [5.41, 5.74) is -3.24. The van der Waals surface area contributed by atoms with Crippen LogP contribution in [0.4, 0.5) is 0 Å². The number of carbonyl (C=O) groups is 2. The molecule has 2 fully saturated rings. The topological polar surface area (TPSA) is 74.6 Å². The third-order valence-corrected chi connectivity index (χ3v) is 7.19. The van der Waals surface area contributed by atoms with E-state index in [-0.39, 0.29) is 23.9 Å². The molecule has 0 aliphatic heterocycles. The molecule has 3 aliphatic rings. The van der Waals surface area contributed by atoms with Gasteiger partial charge in [0.25, 0.3) is 0 Å². The molecule has 0 radical (unpaired) electrons. The number of fused-ring (bicyclic) bond motifs is 3. The lowest BCUT2D eigenvalue weighted by Gasteiger charge is -2.62. The van der Waals surface area contributed by atoms with Crippen molar-refractivity contribution in [1.82, 2.24) is 0 Å². The number of carbonyl (C=O) groups excluding carboxylic acids is 2. The van der Waals surface area contributed by atoms with Crippen LogP contribution in [-0.2, 0) is 9.59 Å². The van der Waals surface area contributed by atoms with Gasteiger partial charge in [0, 0.05) is 29.1 Å². The highest BCUT2D eigenvalue weighted by Gasteiger charge is 2.68. The van der Waals surface area contributed by atoms with Crippen LogP contribution in [0.25, 0.3) is 0 Å². The standard InChI is InChI=1S/C20H28O4/c1-6-18(4)10-12-13(21)9-14-17(2,3)15(22)7-8-19(14,5)20(12,24)16(23)11-18/h6,10,13-14,21,24H,1,7-9,11H2,2-5H3/t13-,14?,18+,19-,20+/m0/s1. The fourth-order valence-electron chi connectivity index (χ4n) is 5.46. The second kappa shape index (κ2) is 4.89. The maximum Gasteiger partial charge on any atom is 0.170 e. The fraction of sp³-hybridized carbons (Fsp3) is 0.700. The van der Waals surface area contributed by atoms with Gasteiger partial charge in [-0.1, -0.05) is 39.8 Å². The average molecular weight is 332 g/mol. The van der Waals surface area contributed by atoms with Crippen molar-refractivity contribution in [2.45, 2.75) is 65.1 Å². The van der Waals surface area contributed by atoms with Gasteiger partial charge < -0.3 is 10.2 Å². The number of hydrogen-bond donors (Lipinski definition) is 2. The van der Waals surface area contributed by atoms with Crippen molar-refractivity contribution in [2.24, 2.45) is 22.2 Å². The van der Waals surface area contributed by atoms with E-state index in [1.54, 1.807) is 6.08 Å². The molecule has 24 heavy (non-hydrogen) atoms. The minimum absolute atomic E-state index is 0.146. The summed E-state index contributed by atoms with van der Waals surface area (Å²) in [6, 6.07) is 0. The molecule has 0 aromatic carbocycles. The lowest BCUT2D eigenvalue weighted by atomic mass is 9.42. The van der Waals surface area contributed by atoms with Crippen LogP contribution < -0.4 is 0 Å². The predicted octanol–water partition coefficient (Wildman–Crippen LogP) is 2.59. The van der Waals surface area contributed by atoms with Crippen molar-refractivity contribution in [1.29, 1.82) is 0 Å². The van der Waals surface area contributed by atoms with Crippen molar-refractivity contribution in [3.05, 3.63) is 24.3 Å². The van der Waals surface area contributed by atoms with Gasteiger partial charge in [-0.15, -0.1) is 6.58 Å². The Hall–Kier alpha value is -1.26. The van der Waals surface area contributed by atoms with Crippen LogP contribution in [0.2, 0.25) is 0 Å². The maximum atomic E-state index is 13.1. The van der Waals surface area contributed by atoms with Gasteiger partial charge >= 0.3 is 0 Å². The Balaban J connectivity index is 2.22. The molecule has 3 aliphatic carbocycles. The summed E-state index contributed by atoms with van der Waals surface area (Å²) in [6.07, 6.45) is 4.00. The molecular formula is C20H28O4. The molecule has 0 saturated heterocycles. The highest BCUT2D eigenvalue weighted by Crippen LogP contribution is 2.63. The number of ketones is 2. The lowest BCUT2D eigenvalue weighted by Crippen LogP contribution is -2.69. The van der Waals surface area contributed by atoms with Crippen LogP contribution >= 0.6 is 0 Å². The van der Waals surface area contributed by atoms with Crippen molar-refractivity contribution < 1.29 is 19.8 Å². The SMILES string of the molecule is C=C[C@]1(C)C=C2[C@@H](O)CC3C(C)(C)C(=O)CC[C@]3(C)[C@]2(O)C(=O)C1. The molecule has 0 aromatic rings. The normalized spacial score (nSPS) is 47.5. The summed E-state index contributed by atoms with van der Waals surface area (Å²) in [5, 5.41) is 22.4. The van der Waals surface area contributed by atoms with Crippen LogP contribution in [0.3, 0.4) is 0 Å². The lowest BCUT2D eigenvalue weighted by molar-refractivity contribution is -0.190. The summed E-state index contributed by atoms with van der Waals surface area (Å²) in [7, 11) is 0. The van der Waals surface area contributed by atoms with Gasteiger partial charge in [-0.2, -0.15) is 0 Å². The molecule has 3 rings (SSSR count). The van der Waals surface area contributed by atoms with E-state index in [2.05, 4.69) is 6.58 Å². The zero-order valence-electron chi connectivity index (χ0n) is 15.1. The third-order valence-electron chi connectivity index (χ3n) is 7.19. The van der Waals surface area contributed by atoms with Crippen LogP contribution in [0, 0.1) is 22.2 Å². The number of aliphatic hydroxyl groups excluding tert-OH is 1. The Morgan fingerprint density at radius 1 is 1.21 bits per heavy atom. The molecule has 5 atom stereocenters. The zero-order valence-corrected chi connectivity index (χ0v) is 15.1. The monoisotopic (exact) mass is 332 g/mol. The second-order valence-corrected chi connectivity index (χ2v) is 8.99. The molecule has 0 bridgehead atoms. The smallest absolute Gasteiger partial charge is 0.170 e. The Morgan fingerprint density at radius 3 is 2.42 bits per heavy atom. The molecule has 0 heterocycles. The number of Topliss-reactive ketones (excluding diaryl/α,β-unsaturated/α-hetero) is 2.